The highest BCUT2D eigenvalue weighted by molar-refractivity contribution is 8.00. The van der Waals surface area contributed by atoms with E-state index in [1.165, 1.54) is 35.0 Å². The number of non-ortho nitro benzene ring substituents is 1. The lowest BCUT2D eigenvalue weighted by Gasteiger charge is -2.19. The predicted octanol–water partition coefficient (Wildman–Crippen LogP) is 7.52. The predicted molar refractivity (Wildman–Crippen MR) is 141 cm³/mol. The van der Waals surface area contributed by atoms with Crippen molar-refractivity contribution in [2.45, 2.75) is 33.8 Å². The van der Waals surface area contributed by atoms with Gasteiger partial charge >= 0.3 is 0 Å². The molecule has 0 aliphatic heterocycles. The molecule has 1 heterocycles. The van der Waals surface area contributed by atoms with Crippen molar-refractivity contribution in [2.75, 3.05) is 0 Å². The number of aromatic nitrogens is 1. The fourth-order valence-electron chi connectivity index (χ4n) is 5.70. The molecule has 7 nitrogen and oxygen atoms in total. The van der Waals surface area contributed by atoms with Gasteiger partial charge in [-0.25, -0.2) is 0 Å². The number of nitro groups is 2. The molecule has 0 saturated heterocycles. The number of aromatic amines is 1. The Labute approximate surface area is 215 Å². The van der Waals surface area contributed by atoms with E-state index in [1.807, 2.05) is 36.4 Å². The Morgan fingerprint density at radius 3 is 2.03 bits per heavy atom. The number of nitro benzene ring substituents is 2. The Hall–Kier alpha value is -3.62. The second-order valence-electron chi connectivity index (χ2n) is 9.07. The Morgan fingerprint density at radius 1 is 0.833 bits per heavy atom. The van der Waals surface area contributed by atoms with Crippen molar-refractivity contribution in [3.05, 3.63) is 110 Å². The van der Waals surface area contributed by atoms with Gasteiger partial charge in [0.25, 0.3) is 11.4 Å². The van der Waals surface area contributed by atoms with E-state index in [-0.39, 0.29) is 33.8 Å². The molecule has 1 fully saturated rings. The summed E-state index contributed by atoms with van der Waals surface area (Å²) in [5.74, 6) is 0.0756. The molecule has 2 aliphatic rings. The molecule has 9 heteroatoms. The Balaban J connectivity index is 1.48. The quantitative estimate of drug-likeness (QED) is 0.162. The van der Waals surface area contributed by atoms with Gasteiger partial charge in [-0.15, -0.1) is 23.4 Å². The third-order valence-electron chi connectivity index (χ3n) is 7.14. The van der Waals surface area contributed by atoms with Gasteiger partial charge in [-0.1, -0.05) is 60.7 Å². The SMILES string of the molecule is O=[N+]([O-])c1ccc(SC2[C@H]3c4c(-c5ccccc5)[nH]c(-c5ccccc5)c4[C@@H]2C[C@H]3Cl)c([N+](=O)[O-])c1. The topological polar surface area (TPSA) is 102 Å². The van der Waals surface area contributed by atoms with Crippen LogP contribution in [-0.2, 0) is 0 Å². The highest BCUT2D eigenvalue weighted by Crippen LogP contribution is 2.65. The molecule has 2 aliphatic carbocycles. The lowest BCUT2D eigenvalue weighted by atomic mass is 9.89. The first-order chi connectivity index (χ1) is 17.4. The van der Waals surface area contributed by atoms with Gasteiger partial charge in [0.15, 0.2) is 0 Å². The van der Waals surface area contributed by atoms with Gasteiger partial charge in [0.05, 0.1) is 20.8 Å². The van der Waals surface area contributed by atoms with Crippen LogP contribution in [0.5, 0.6) is 0 Å². The molecule has 4 aromatic rings. The molecule has 3 aromatic carbocycles. The zero-order valence-electron chi connectivity index (χ0n) is 18.8. The highest BCUT2D eigenvalue weighted by Gasteiger charge is 2.55. The summed E-state index contributed by atoms with van der Waals surface area (Å²) in [5, 5.41) is 22.9. The van der Waals surface area contributed by atoms with E-state index >= 15 is 0 Å². The standard InChI is InChI=1S/C27H20ClN3O4S/c28-19-14-18-22-24(23(19)27(18)36-21-12-11-17(30(32)33)13-20(21)31(34)35)26(16-9-5-2-6-10-16)29-25(22)15-7-3-1-4-8-15/h1-13,18-19,23,27,29H,14H2/t18-,19+,23+,27?/m0/s1. The molecule has 1 saturated carbocycles. The molecule has 6 rings (SSSR count). The van der Waals surface area contributed by atoms with Crippen molar-refractivity contribution in [2.24, 2.45) is 0 Å². The lowest BCUT2D eigenvalue weighted by Crippen LogP contribution is -2.13. The number of rotatable bonds is 6. The number of hydrogen-bond donors (Lipinski definition) is 1. The Bertz CT molecular complexity index is 1490. The maximum absolute atomic E-state index is 11.8. The Kier molecular flexibility index (Phi) is 5.58. The van der Waals surface area contributed by atoms with Gasteiger partial charge in [0, 0.05) is 39.9 Å². The number of H-pyrrole nitrogens is 1. The van der Waals surface area contributed by atoms with Crippen LogP contribution in [0.15, 0.2) is 83.8 Å². The third kappa shape index (κ3) is 3.60. The van der Waals surface area contributed by atoms with Crippen molar-refractivity contribution in [1.82, 2.24) is 4.98 Å². The summed E-state index contributed by atoms with van der Waals surface area (Å²) in [5.41, 5.74) is 6.11. The van der Waals surface area contributed by atoms with E-state index in [4.69, 9.17) is 11.6 Å². The zero-order valence-corrected chi connectivity index (χ0v) is 20.4. The largest absolute Gasteiger partial charge is 0.354 e. The average Bonchev–Trinajstić information content (AvgIpc) is 3.52. The number of benzene rings is 3. The van der Waals surface area contributed by atoms with Crippen LogP contribution in [0.1, 0.15) is 29.4 Å². The maximum atomic E-state index is 11.8. The second kappa shape index (κ2) is 8.80. The zero-order chi connectivity index (χ0) is 25.0. The lowest BCUT2D eigenvalue weighted by molar-refractivity contribution is -0.396. The minimum atomic E-state index is -0.612. The first kappa shape index (κ1) is 22.8. The molecule has 180 valence electrons. The fourth-order valence-corrected chi connectivity index (χ4v) is 7.83. The van der Waals surface area contributed by atoms with Crippen molar-refractivity contribution in [3.8, 4) is 22.5 Å². The van der Waals surface area contributed by atoms with E-state index in [2.05, 4.69) is 29.2 Å². The second-order valence-corrected chi connectivity index (χ2v) is 10.8. The average molecular weight is 518 g/mol. The minimum Gasteiger partial charge on any atom is -0.354 e. The van der Waals surface area contributed by atoms with Gasteiger partial charge < -0.3 is 4.98 Å². The smallest absolute Gasteiger partial charge is 0.289 e. The van der Waals surface area contributed by atoms with Gasteiger partial charge in [-0.05, 0) is 34.7 Å². The van der Waals surface area contributed by atoms with Crippen LogP contribution < -0.4 is 0 Å². The van der Waals surface area contributed by atoms with Crippen LogP contribution in [-0.4, -0.2) is 25.5 Å². The van der Waals surface area contributed by atoms with Crippen LogP contribution in [0.2, 0.25) is 0 Å². The maximum Gasteiger partial charge on any atom is 0.289 e. The summed E-state index contributed by atoms with van der Waals surface area (Å²) < 4.78 is 0. The molecule has 36 heavy (non-hydrogen) atoms. The van der Waals surface area contributed by atoms with Crippen molar-refractivity contribution >= 4 is 34.7 Å². The van der Waals surface area contributed by atoms with Gasteiger partial charge in [0.2, 0.25) is 0 Å². The van der Waals surface area contributed by atoms with Gasteiger partial charge in [0.1, 0.15) is 0 Å². The molecule has 4 atom stereocenters. The molecule has 0 amide bonds. The number of hydrogen-bond acceptors (Lipinski definition) is 5. The van der Waals surface area contributed by atoms with E-state index in [0.29, 0.717) is 4.90 Å². The number of nitrogens with one attached hydrogen (secondary N) is 1. The van der Waals surface area contributed by atoms with Crippen LogP contribution in [0.4, 0.5) is 11.4 Å². The number of nitrogens with zero attached hydrogens (tertiary/aromatic N) is 2. The van der Waals surface area contributed by atoms with Crippen LogP contribution >= 0.6 is 23.4 Å². The molecule has 1 N–H and O–H groups in total. The number of fused-ring (bicyclic) bond motifs is 5. The van der Waals surface area contributed by atoms with Gasteiger partial charge in [-0.2, -0.15) is 0 Å². The summed E-state index contributed by atoms with van der Waals surface area (Å²) in [7, 11) is 0. The van der Waals surface area contributed by atoms with Crippen LogP contribution in [0, 0.1) is 20.2 Å². The molecular weight excluding hydrogens is 498 g/mol. The molecule has 1 aromatic heterocycles. The summed E-state index contributed by atoms with van der Waals surface area (Å²) in [6.07, 6.45) is 0.767. The van der Waals surface area contributed by atoms with Crippen molar-refractivity contribution in [1.29, 1.82) is 0 Å². The molecule has 0 radical (unpaired) electrons. The monoisotopic (exact) mass is 517 g/mol. The number of alkyl halides is 1. The normalized spacial score (nSPS) is 21.9. The first-order valence-electron chi connectivity index (χ1n) is 11.5. The highest BCUT2D eigenvalue weighted by atomic mass is 35.5. The summed E-state index contributed by atoms with van der Waals surface area (Å²) in [6.45, 7) is 0. The molecular formula is C27H20ClN3O4S. The van der Waals surface area contributed by atoms with E-state index in [1.54, 1.807) is 0 Å². The summed E-state index contributed by atoms with van der Waals surface area (Å²) >= 11 is 8.35. The van der Waals surface area contributed by atoms with Crippen molar-refractivity contribution < 1.29 is 9.85 Å². The first-order valence-corrected chi connectivity index (χ1v) is 12.9. The van der Waals surface area contributed by atoms with E-state index in [9.17, 15) is 20.2 Å². The number of halogens is 1. The van der Waals surface area contributed by atoms with Crippen molar-refractivity contribution in [3.63, 3.8) is 0 Å². The molecule has 2 bridgehead atoms. The third-order valence-corrected chi connectivity index (χ3v) is 9.08. The molecule has 1 unspecified atom stereocenters. The summed E-state index contributed by atoms with van der Waals surface area (Å²) in [6, 6.07) is 24.1. The molecule has 0 spiro atoms. The summed E-state index contributed by atoms with van der Waals surface area (Å²) in [4.78, 5) is 26.0. The minimum absolute atomic E-state index is 0.0165. The van der Waals surface area contributed by atoms with Gasteiger partial charge in [-0.3, -0.25) is 20.2 Å². The Morgan fingerprint density at radius 2 is 1.44 bits per heavy atom. The van der Waals surface area contributed by atoms with E-state index < -0.39 is 9.85 Å². The van der Waals surface area contributed by atoms with Crippen LogP contribution in [0.25, 0.3) is 22.5 Å². The number of thioether (sulfide) groups is 1. The fraction of sp³-hybridized carbons (Fsp3) is 0.185. The van der Waals surface area contributed by atoms with E-state index in [0.717, 1.165) is 35.0 Å². The van der Waals surface area contributed by atoms with Crippen LogP contribution in [0.3, 0.4) is 0 Å².